The van der Waals surface area contributed by atoms with Gasteiger partial charge >= 0.3 is 5.88 Å². The van der Waals surface area contributed by atoms with Gasteiger partial charge in [-0.3, -0.25) is 10.1 Å². The van der Waals surface area contributed by atoms with E-state index in [0.717, 1.165) is 27.8 Å². The zero-order valence-corrected chi connectivity index (χ0v) is 11.9. The predicted octanol–water partition coefficient (Wildman–Crippen LogP) is 2.93. The fourth-order valence-corrected chi connectivity index (χ4v) is 2.81. The molecule has 0 spiro atoms. The summed E-state index contributed by atoms with van der Waals surface area (Å²) in [5, 5.41) is 10.7. The number of benzene rings is 1. The maximum absolute atomic E-state index is 10.7. The van der Waals surface area contributed by atoms with Gasteiger partial charge in [0.05, 0.1) is 18.7 Å². The fraction of sp³-hybridized carbons (Fsp3) is 0.231. The highest BCUT2D eigenvalue weighted by Crippen LogP contribution is 2.38. The van der Waals surface area contributed by atoms with Gasteiger partial charge in [0.2, 0.25) is 0 Å². The molecule has 0 saturated carbocycles. The van der Waals surface area contributed by atoms with Crippen molar-refractivity contribution in [1.82, 2.24) is 0 Å². The lowest BCUT2D eigenvalue weighted by Gasteiger charge is -2.14. The number of furan rings is 1. The van der Waals surface area contributed by atoms with E-state index in [1.807, 2.05) is 12.1 Å². The summed E-state index contributed by atoms with van der Waals surface area (Å²) < 4.78 is 11.7. The molecule has 2 heterocycles. The van der Waals surface area contributed by atoms with Crippen LogP contribution in [0.25, 0.3) is 0 Å². The Morgan fingerprint density at radius 2 is 2.20 bits per heavy atom. The number of fused-ring (bicyclic) bond motifs is 1. The standard InChI is InChI=1S/C13H11BrN2O4/c14-8-5-7-3-4-19-13(7)9(6-8)12(15)10-1-2-11(20-10)16(17)18/h1-2,5-6,12H,3-4,15H2. The highest BCUT2D eigenvalue weighted by atomic mass is 79.9. The van der Waals surface area contributed by atoms with Crippen LogP contribution in [0, 0.1) is 10.1 Å². The molecule has 0 bridgehead atoms. The second kappa shape index (κ2) is 4.92. The van der Waals surface area contributed by atoms with E-state index in [-0.39, 0.29) is 5.88 Å². The van der Waals surface area contributed by atoms with Crippen LogP contribution in [0.15, 0.2) is 33.2 Å². The van der Waals surface area contributed by atoms with Crippen LogP contribution < -0.4 is 10.5 Å². The Morgan fingerprint density at radius 3 is 2.90 bits per heavy atom. The van der Waals surface area contributed by atoms with E-state index in [4.69, 9.17) is 14.9 Å². The molecule has 1 aliphatic heterocycles. The monoisotopic (exact) mass is 338 g/mol. The van der Waals surface area contributed by atoms with Gasteiger partial charge in [0.15, 0.2) is 0 Å². The Kier molecular flexibility index (Phi) is 3.23. The van der Waals surface area contributed by atoms with Crippen molar-refractivity contribution < 1.29 is 14.1 Å². The Bertz CT molecular complexity index is 683. The van der Waals surface area contributed by atoms with Crippen molar-refractivity contribution in [3.63, 3.8) is 0 Å². The van der Waals surface area contributed by atoms with Gasteiger partial charge in [-0.2, -0.15) is 0 Å². The number of nitro groups is 1. The molecule has 20 heavy (non-hydrogen) atoms. The summed E-state index contributed by atoms with van der Waals surface area (Å²) in [4.78, 5) is 10.1. The number of hydrogen-bond acceptors (Lipinski definition) is 5. The van der Waals surface area contributed by atoms with E-state index >= 15 is 0 Å². The number of ether oxygens (including phenoxy) is 1. The molecule has 104 valence electrons. The number of hydrogen-bond donors (Lipinski definition) is 1. The minimum Gasteiger partial charge on any atom is -0.493 e. The Labute approximate surface area is 122 Å². The number of nitrogens with two attached hydrogens (primary N) is 1. The van der Waals surface area contributed by atoms with Gasteiger partial charge in [0, 0.05) is 16.5 Å². The molecule has 0 saturated heterocycles. The summed E-state index contributed by atoms with van der Waals surface area (Å²) in [7, 11) is 0. The Balaban J connectivity index is 2.02. The quantitative estimate of drug-likeness (QED) is 0.686. The lowest BCUT2D eigenvalue weighted by Crippen LogP contribution is -2.12. The van der Waals surface area contributed by atoms with E-state index in [9.17, 15) is 10.1 Å². The van der Waals surface area contributed by atoms with Crippen molar-refractivity contribution in [3.05, 3.63) is 55.7 Å². The molecule has 0 aliphatic carbocycles. The molecular formula is C13H11BrN2O4. The molecule has 7 heteroatoms. The third kappa shape index (κ3) is 2.19. The van der Waals surface area contributed by atoms with Crippen LogP contribution in [-0.4, -0.2) is 11.5 Å². The first-order valence-corrected chi connectivity index (χ1v) is 6.80. The minimum atomic E-state index is -0.604. The van der Waals surface area contributed by atoms with Crippen LogP contribution >= 0.6 is 15.9 Å². The smallest absolute Gasteiger partial charge is 0.433 e. The van der Waals surface area contributed by atoms with Crippen molar-refractivity contribution in [2.24, 2.45) is 5.73 Å². The third-order valence-corrected chi connectivity index (χ3v) is 3.67. The van der Waals surface area contributed by atoms with E-state index in [1.54, 1.807) is 0 Å². The van der Waals surface area contributed by atoms with E-state index < -0.39 is 11.0 Å². The summed E-state index contributed by atoms with van der Waals surface area (Å²) in [5.74, 6) is 0.773. The number of rotatable bonds is 3. The van der Waals surface area contributed by atoms with Crippen LogP contribution in [0.4, 0.5) is 5.88 Å². The molecule has 0 radical (unpaired) electrons. The van der Waals surface area contributed by atoms with Gasteiger partial charge in [-0.15, -0.1) is 0 Å². The van der Waals surface area contributed by atoms with Crippen LogP contribution in [0.5, 0.6) is 5.75 Å². The molecule has 6 nitrogen and oxygen atoms in total. The summed E-state index contributed by atoms with van der Waals surface area (Å²) in [6.45, 7) is 0.615. The molecule has 2 N–H and O–H groups in total. The van der Waals surface area contributed by atoms with Gasteiger partial charge in [-0.05, 0) is 23.8 Å². The van der Waals surface area contributed by atoms with Crippen molar-refractivity contribution in [3.8, 4) is 5.75 Å². The summed E-state index contributed by atoms with van der Waals surface area (Å²) >= 11 is 3.44. The SMILES string of the molecule is NC(c1ccc([N+](=O)[O-])o1)c1cc(Br)cc2c1OCC2. The normalized spacial score (nSPS) is 14.7. The highest BCUT2D eigenvalue weighted by Gasteiger charge is 2.25. The first-order chi connectivity index (χ1) is 9.56. The van der Waals surface area contributed by atoms with Gasteiger partial charge in [-0.25, -0.2) is 0 Å². The van der Waals surface area contributed by atoms with Crippen molar-refractivity contribution >= 4 is 21.8 Å². The number of nitrogens with zero attached hydrogens (tertiary/aromatic N) is 1. The van der Waals surface area contributed by atoms with E-state index in [2.05, 4.69) is 15.9 Å². The molecule has 0 amide bonds. The second-order valence-corrected chi connectivity index (χ2v) is 5.41. The molecular weight excluding hydrogens is 328 g/mol. The van der Waals surface area contributed by atoms with E-state index in [1.165, 1.54) is 12.1 Å². The van der Waals surface area contributed by atoms with Gasteiger partial charge < -0.3 is 14.9 Å². The van der Waals surface area contributed by atoms with Crippen molar-refractivity contribution in [2.45, 2.75) is 12.5 Å². The zero-order valence-electron chi connectivity index (χ0n) is 10.3. The molecule has 2 aromatic rings. The van der Waals surface area contributed by atoms with Gasteiger partial charge in [-0.1, -0.05) is 15.9 Å². The molecule has 1 aromatic carbocycles. The number of halogens is 1. The van der Waals surface area contributed by atoms with Crippen LogP contribution in [-0.2, 0) is 6.42 Å². The first-order valence-electron chi connectivity index (χ1n) is 6.01. The topological polar surface area (TPSA) is 91.5 Å². The minimum absolute atomic E-state index is 0.317. The van der Waals surface area contributed by atoms with Gasteiger partial charge in [0.1, 0.15) is 16.4 Å². The van der Waals surface area contributed by atoms with Crippen molar-refractivity contribution in [2.75, 3.05) is 6.61 Å². The van der Waals surface area contributed by atoms with Crippen LogP contribution in [0.3, 0.4) is 0 Å². The largest absolute Gasteiger partial charge is 0.493 e. The highest BCUT2D eigenvalue weighted by molar-refractivity contribution is 9.10. The molecule has 3 rings (SSSR count). The Morgan fingerprint density at radius 1 is 1.40 bits per heavy atom. The molecule has 1 atom stereocenters. The average Bonchev–Trinajstić information content (AvgIpc) is 3.05. The fourth-order valence-electron chi connectivity index (χ4n) is 2.29. The maximum Gasteiger partial charge on any atom is 0.433 e. The molecule has 1 aliphatic rings. The summed E-state index contributed by atoms with van der Waals surface area (Å²) in [6.07, 6.45) is 0.826. The van der Waals surface area contributed by atoms with Gasteiger partial charge in [0.25, 0.3) is 0 Å². The second-order valence-electron chi connectivity index (χ2n) is 4.49. The van der Waals surface area contributed by atoms with E-state index in [0.29, 0.717) is 12.4 Å². The Hall–Kier alpha value is -1.86. The maximum atomic E-state index is 10.7. The van der Waals surface area contributed by atoms with Crippen LogP contribution in [0.1, 0.15) is 22.9 Å². The summed E-state index contributed by atoms with van der Waals surface area (Å²) in [5.41, 5.74) is 7.99. The predicted molar refractivity (Wildman–Crippen MR) is 74.7 cm³/mol. The third-order valence-electron chi connectivity index (χ3n) is 3.21. The van der Waals surface area contributed by atoms with Crippen molar-refractivity contribution in [1.29, 1.82) is 0 Å². The zero-order chi connectivity index (χ0) is 14.3. The lowest BCUT2D eigenvalue weighted by atomic mass is 10.0. The van der Waals surface area contributed by atoms with Crippen LogP contribution in [0.2, 0.25) is 0 Å². The first kappa shape index (κ1) is 13.1. The summed E-state index contributed by atoms with van der Waals surface area (Å²) in [6, 6.07) is 6.05. The molecule has 1 aromatic heterocycles. The average molecular weight is 339 g/mol. The molecule has 1 unspecified atom stereocenters. The lowest BCUT2D eigenvalue weighted by molar-refractivity contribution is -0.402. The molecule has 0 fully saturated rings.